The van der Waals surface area contributed by atoms with Crippen LogP contribution in [0.15, 0.2) is 23.1 Å². The van der Waals surface area contributed by atoms with Gasteiger partial charge < -0.3 is 14.2 Å². The average Bonchev–Trinajstić information content (AvgIpc) is 2.78. The Morgan fingerprint density at radius 2 is 2.19 bits per heavy atom. The van der Waals surface area contributed by atoms with Crippen LogP contribution in [0, 0.1) is 5.92 Å². The van der Waals surface area contributed by atoms with Crippen molar-refractivity contribution in [2.75, 3.05) is 0 Å². The van der Waals surface area contributed by atoms with E-state index in [0.29, 0.717) is 19.3 Å². The highest BCUT2D eigenvalue weighted by molar-refractivity contribution is 5.71. The number of nitrogens with zero attached hydrogens (tertiary/aromatic N) is 3. The van der Waals surface area contributed by atoms with E-state index in [4.69, 9.17) is 5.11 Å². The van der Waals surface area contributed by atoms with Gasteiger partial charge in [0.1, 0.15) is 5.82 Å². The third-order valence-electron chi connectivity index (χ3n) is 4.18. The van der Waals surface area contributed by atoms with Crippen molar-refractivity contribution in [2.45, 2.75) is 19.3 Å². The van der Waals surface area contributed by atoms with Gasteiger partial charge in [-0.15, -0.1) is 0 Å². The second kappa shape index (κ2) is 4.87. The molecule has 3 rings (SSSR count). The van der Waals surface area contributed by atoms with Gasteiger partial charge >= 0.3 is 5.97 Å². The van der Waals surface area contributed by atoms with Gasteiger partial charge in [-0.25, -0.2) is 4.98 Å². The number of carboxylic acid groups (broad SMARTS) is 1. The maximum absolute atomic E-state index is 11.8. The van der Waals surface area contributed by atoms with Crippen molar-refractivity contribution >= 4 is 5.97 Å². The highest BCUT2D eigenvalue weighted by Crippen LogP contribution is 2.29. The van der Waals surface area contributed by atoms with Crippen molar-refractivity contribution in [1.82, 2.24) is 14.1 Å². The Bertz CT molecular complexity index is 773. The van der Waals surface area contributed by atoms with E-state index in [0.717, 1.165) is 22.8 Å². The molecule has 6 heteroatoms. The molecule has 0 radical (unpaired) electrons. The van der Waals surface area contributed by atoms with E-state index in [1.54, 1.807) is 19.3 Å². The smallest absolute Gasteiger partial charge is 0.306 e. The zero-order valence-corrected chi connectivity index (χ0v) is 12.0. The van der Waals surface area contributed by atoms with Crippen molar-refractivity contribution in [1.29, 1.82) is 0 Å². The molecule has 2 heterocycles. The fourth-order valence-corrected chi connectivity index (χ4v) is 2.87. The van der Waals surface area contributed by atoms with E-state index >= 15 is 0 Å². The summed E-state index contributed by atoms with van der Waals surface area (Å²) in [7, 11) is 3.62. The number of fused-ring (bicyclic) bond motifs is 1. The zero-order valence-electron chi connectivity index (χ0n) is 12.0. The van der Waals surface area contributed by atoms with Crippen LogP contribution in [0.3, 0.4) is 0 Å². The zero-order chi connectivity index (χ0) is 15.1. The molecule has 0 saturated heterocycles. The van der Waals surface area contributed by atoms with Crippen molar-refractivity contribution in [3.63, 3.8) is 0 Å². The monoisotopic (exact) mass is 287 g/mol. The van der Waals surface area contributed by atoms with E-state index in [9.17, 15) is 9.59 Å². The molecule has 1 aliphatic carbocycles. The molecule has 0 amide bonds. The molecule has 2 aromatic rings. The third kappa shape index (κ3) is 2.26. The summed E-state index contributed by atoms with van der Waals surface area (Å²) in [5.74, 6) is -0.394. The molecule has 0 bridgehead atoms. The molecule has 0 aliphatic heterocycles. The summed E-state index contributed by atoms with van der Waals surface area (Å²) in [5.41, 5.74) is 2.59. The number of imidazole rings is 1. The van der Waals surface area contributed by atoms with Crippen LogP contribution in [0.4, 0.5) is 0 Å². The molecule has 1 aliphatic rings. The van der Waals surface area contributed by atoms with Crippen LogP contribution in [0.25, 0.3) is 11.4 Å². The van der Waals surface area contributed by atoms with Crippen LogP contribution >= 0.6 is 0 Å². The van der Waals surface area contributed by atoms with Crippen LogP contribution < -0.4 is 5.56 Å². The number of hydrogen-bond acceptors (Lipinski definition) is 3. The molecule has 1 atom stereocenters. The van der Waals surface area contributed by atoms with Gasteiger partial charge in [0, 0.05) is 44.0 Å². The lowest BCUT2D eigenvalue weighted by molar-refractivity contribution is -0.142. The fourth-order valence-electron chi connectivity index (χ4n) is 2.87. The largest absolute Gasteiger partial charge is 0.481 e. The first-order chi connectivity index (χ1) is 9.97. The van der Waals surface area contributed by atoms with Crippen LogP contribution in [-0.2, 0) is 31.7 Å². The van der Waals surface area contributed by atoms with E-state index in [1.165, 1.54) is 4.57 Å². The first-order valence-electron chi connectivity index (χ1n) is 6.91. The first kappa shape index (κ1) is 13.6. The summed E-state index contributed by atoms with van der Waals surface area (Å²) in [6, 6.07) is 3.41. The molecule has 2 aromatic heterocycles. The summed E-state index contributed by atoms with van der Waals surface area (Å²) in [6.07, 6.45) is 3.52. The number of aryl methyl sites for hydroxylation is 1. The fraction of sp³-hybridized carbons (Fsp3) is 0.400. The Morgan fingerprint density at radius 3 is 2.86 bits per heavy atom. The van der Waals surface area contributed by atoms with Crippen LogP contribution in [-0.4, -0.2) is 25.2 Å². The maximum Gasteiger partial charge on any atom is 0.306 e. The topological polar surface area (TPSA) is 77.1 Å². The molecule has 0 fully saturated rings. The van der Waals surface area contributed by atoms with Gasteiger partial charge in [0.25, 0.3) is 5.56 Å². The average molecular weight is 287 g/mol. The standard InChI is InChI=1S/C15H17N3O3/c1-17-6-5-9(8-13(17)19)14-16-11-7-10(15(20)21)3-4-12(11)18(14)2/h5-6,8,10H,3-4,7H2,1-2H3,(H,20,21). The molecule has 6 nitrogen and oxygen atoms in total. The maximum atomic E-state index is 11.8. The Labute approximate surface area is 121 Å². The summed E-state index contributed by atoms with van der Waals surface area (Å²) in [4.78, 5) is 27.5. The van der Waals surface area contributed by atoms with Crippen molar-refractivity contribution in [3.8, 4) is 11.4 Å². The van der Waals surface area contributed by atoms with Crippen molar-refractivity contribution in [3.05, 3.63) is 40.1 Å². The number of hydrogen-bond donors (Lipinski definition) is 1. The lowest BCUT2D eigenvalue weighted by atomic mass is 9.90. The molecule has 0 aromatic carbocycles. The highest BCUT2D eigenvalue weighted by atomic mass is 16.4. The number of aliphatic carboxylic acids is 1. The van der Waals surface area contributed by atoms with Crippen LogP contribution in [0.2, 0.25) is 0 Å². The Morgan fingerprint density at radius 1 is 1.43 bits per heavy atom. The second-order valence-electron chi connectivity index (χ2n) is 5.53. The minimum atomic E-state index is -0.763. The molecule has 21 heavy (non-hydrogen) atoms. The molecule has 1 N–H and O–H groups in total. The van der Waals surface area contributed by atoms with Crippen LogP contribution in [0.1, 0.15) is 17.8 Å². The molecule has 0 spiro atoms. The van der Waals surface area contributed by atoms with Crippen LogP contribution in [0.5, 0.6) is 0 Å². The molecule has 110 valence electrons. The second-order valence-corrected chi connectivity index (χ2v) is 5.53. The quantitative estimate of drug-likeness (QED) is 0.893. The van der Waals surface area contributed by atoms with Gasteiger partial charge in [0.15, 0.2) is 0 Å². The summed E-state index contributed by atoms with van der Waals surface area (Å²) in [5, 5.41) is 9.15. The number of carbonyl (C=O) groups is 1. The minimum Gasteiger partial charge on any atom is -0.481 e. The Kier molecular flexibility index (Phi) is 3.16. The highest BCUT2D eigenvalue weighted by Gasteiger charge is 2.28. The number of carboxylic acids is 1. The van der Waals surface area contributed by atoms with Gasteiger partial charge in [-0.05, 0) is 18.9 Å². The van der Waals surface area contributed by atoms with Gasteiger partial charge in [0.05, 0.1) is 11.6 Å². The number of pyridine rings is 1. The number of rotatable bonds is 2. The lowest BCUT2D eigenvalue weighted by Crippen LogP contribution is -2.22. The molecular formula is C15H17N3O3. The van der Waals surface area contributed by atoms with Gasteiger partial charge in [-0.2, -0.15) is 0 Å². The first-order valence-corrected chi connectivity index (χ1v) is 6.91. The predicted molar refractivity (Wildman–Crippen MR) is 77.0 cm³/mol. The minimum absolute atomic E-state index is 0.0862. The summed E-state index contributed by atoms with van der Waals surface area (Å²) in [6.45, 7) is 0. The SMILES string of the molecule is Cn1c(-c2ccn(C)c(=O)c2)nc2c1CCC(C(=O)O)C2. The normalized spacial score (nSPS) is 17.5. The van der Waals surface area contributed by atoms with E-state index in [2.05, 4.69) is 4.98 Å². The Hall–Kier alpha value is -2.37. The van der Waals surface area contributed by atoms with Gasteiger partial charge in [0.2, 0.25) is 0 Å². The summed E-state index contributed by atoms with van der Waals surface area (Å²) >= 11 is 0. The van der Waals surface area contributed by atoms with Crippen molar-refractivity contribution in [2.24, 2.45) is 20.0 Å². The lowest BCUT2D eigenvalue weighted by Gasteiger charge is -2.18. The Balaban J connectivity index is 2.04. The van der Waals surface area contributed by atoms with E-state index in [-0.39, 0.29) is 11.5 Å². The molecule has 1 unspecified atom stereocenters. The molecular weight excluding hydrogens is 270 g/mol. The summed E-state index contributed by atoms with van der Waals surface area (Å²) < 4.78 is 3.48. The predicted octanol–water partition coefficient (Wildman–Crippen LogP) is 0.975. The third-order valence-corrected chi connectivity index (χ3v) is 4.18. The van der Waals surface area contributed by atoms with E-state index in [1.807, 2.05) is 17.7 Å². The van der Waals surface area contributed by atoms with Gasteiger partial charge in [-0.3, -0.25) is 9.59 Å². The molecule has 0 saturated carbocycles. The van der Waals surface area contributed by atoms with E-state index < -0.39 is 5.97 Å². The van der Waals surface area contributed by atoms with Crippen molar-refractivity contribution < 1.29 is 9.90 Å². The van der Waals surface area contributed by atoms with Gasteiger partial charge in [-0.1, -0.05) is 0 Å². The number of aromatic nitrogens is 3.